The Kier molecular flexibility index (Phi) is 4.33. The molecule has 110 valence electrons. The molecule has 0 aliphatic carbocycles. The number of amides is 1. The molecule has 4 N–H and O–H groups in total. The van der Waals surface area contributed by atoms with Crippen LogP contribution in [0.5, 0.6) is 17.2 Å². The van der Waals surface area contributed by atoms with Gasteiger partial charge in [0.15, 0.2) is 11.5 Å². The summed E-state index contributed by atoms with van der Waals surface area (Å²) in [5.41, 5.74) is 1.10. The lowest BCUT2D eigenvalue weighted by Crippen LogP contribution is -2.22. The highest BCUT2D eigenvalue weighted by Gasteiger charge is 2.15. The van der Waals surface area contributed by atoms with Crippen LogP contribution in [-0.2, 0) is 11.2 Å². The van der Waals surface area contributed by atoms with Crippen molar-refractivity contribution in [2.45, 2.75) is 13.3 Å². The molecule has 1 unspecified atom stereocenters. The smallest absolute Gasteiger partial charge is 0.227 e. The summed E-state index contributed by atoms with van der Waals surface area (Å²) in [6.07, 6.45) is 0.410. The number of hydrogen-bond donors (Lipinski definition) is 4. The number of phenols is 3. The van der Waals surface area contributed by atoms with Crippen LogP contribution < -0.4 is 5.32 Å². The highest BCUT2D eigenvalue weighted by atomic mass is 16.3. The molecule has 2 aromatic rings. The van der Waals surface area contributed by atoms with Gasteiger partial charge in [0.2, 0.25) is 5.91 Å². The van der Waals surface area contributed by atoms with Crippen LogP contribution in [0.3, 0.4) is 0 Å². The first-order valence-corrected chi connectivity index (χ1v) is 6.57. The second-order valence-electron chi connectivity index (χ2n) is 4.93. The Morgan fingerprint density at radius 1 is 1.05 bits per heavy atom. The van der Waals surface area contributed by atoms with Crippen LogP contribution in [0.4, 0.5) is 5.69 Å². The predicted octanol–water partition coefficient (Wildman–Crippen LogP) is 2.62. The summed E-state index contributed by atoms with van der Waals surface area (Å²) >= 11 is 0. The summed E-state index contributed by atoms with van der Waals surface area (Å²) in [5.74, 6) is -0.969. The van der Waals surface area contributed by atoms with Gasteiger partial charge in [0, 0.05) is 5.92 Å². The van der Waals surface area contributed by atoms with E-state index in [1.165, 1.54) is 18.2 Å². The van der Waals surface area contributed by atoms with Gasteiger partial charge in [-0.25, -0.2) is 0 Å². The molecule has 0 heterocycles. The van der Waals surface area contributed by atoms with Crippen molar-refractivity contribution in [2.24, 2.45) is 5.92 Å². The van der Waals surface area contributed by atoms with E-state index in [0.29, 0.717) is 12.1 Å². The van der Waals surface area contributed by atoms with Gasteiger partial charge in [0.25, 0.3) is 0 Å². The summed E-state index contributed by atoms with van der Waals surface area (Å²) < 4.78 is 0. The maximum Gasteiger partial charge on any atom is 0.227 e. The molecule has 2 aromatic carbocycles. The number of anilines is 1. The number of carbonyl (C=O) groups is 1. The second-order valence-corrected chi connectivity index (χ2v) is 4.93. The van der Waals surface area contributed by atoms with Crippen molar-refractivity contribution < 1.29 is 20.1 Å². The Labute approximate surface area is 122 Å². The van der Waals surface area contributed by atoms with Crippen molar-refractivity contribution in [3.8, 4) is 17.2 Å². The van der Waals surface area contributed by atoms with Crippen molar-refractivity contribution in [1.29, 1.82) is 0 Å². The standard InChI is InChI=1S/C16H17NO4/c1-10(8-11-6-7-14(19)15(20)9-11)16(21)17-12-4-2-3-5-13(12)18/h2-7,9-10,18-20H,8H2,1H3,(H,17,21). The molecule has 0 aromatic heterocycles. The van der Waals surface area contributed by atoms with Crippen molar-refractivity contribution in [3.63, 3.8) is 0 Å². The average Bonchev–Trinajstić information content (AvgIpc) is 2.45. The SMILES string of the molecule is CC(Cc1ccc(O)c(O)c1)C(=O)Nc1ccccc1O. The largest absolute Gasteiger partial charge is 0.506 e. The third-order valence-electron chi connectivity index (χ3n) is 3.19. The first-order chi connectivity index (χ1) is 9.97. The van der Waals surface area contributed by atoms with Crippen LogP contribution in [0, 0.1) is 5.92 Å². The summed E-state index contributed by atoms with van der Waals surface area (Å²) in [7, 11) is 0. The highest BCUT2D eigenvalue weighted by molar-refractivity contribution is 5.93. The molecule has 1 amide bonds. The zero-order chi connectivity index (χ0) is 15.4. The van der Waals surface area contributed by atoms with E-state index >= 15 is 0 Å². The van der Waals surface area contributed by atoms with Crippen LogP contribution in [0.25, 0.3) is 0 Å². The van der Waals surface area contributed by atoms with Gasteiger partial charge in [-0.1, -0.05) is 25.1 Å². The number of para-hydroxylation sites is 2. The third-order valence-corrected chi connectivity index (χ3v) is 3.19. The minimum absolute atomic E-state index is 0.0142. The first-order valence-electron chi connectivity index (χ1n) is 6.57. The number of carbonyl (C=O) groups excluding carboxylic acids is 1. The summed E-state index contributed by atoms with van der Waals surface area (Å²) in [6.45, 7) is 1.75. The van der Waals surface area contributed by atoms with Crippen molar-refractivity contribution >= 4 is 11.6 Å². The number of phenolic OH excluding ortho intramolecular Hbond substituents is 3. The van der Waals surface area contributed by atoms with Crippen molar-refractivity contribution in [2.75, 3.05) is 5.32 Å². The molecule has 0 spiro atoms. The molecule has 0 saturated heterocycles. The van der Waals surface area contributed by atoms with Gasteiger partial charge < -0.3 is 20.6 Å². The molecule has 0 radical (unpaired) electrons. The zero-order valence-corrected chi connectivity index (χ0v) is 11.6. The summed E-state index contributed by atoms with van der Waals surface area (Å²) in [4.78, 5) is 12.1. The van der Waals surface area contributed by atoms with Crippen LogP contribution in [0.15, 0.2) is 42.5 Å². The molecule has 5 heteroatoms. The Morgan fingerprint density at radius 2 is 1.76 bits per heavy atom. The fourth-order valence-electron chi connectivity index (χ4n) is 1.98. The fraction of sp³-hybridized carbons (Fsp3) is 0.188. The molecule has 2 rings (SSSR count). The summed E-state index contributed by atoms with van der Waals surface area (Å²) in [5, 5.41) is 31.0. The van der Waals surface area contributed by atoms with E-state index in [1.807, 2.05) is 0 Å². The minimum Gasteiger partial charge on any atom is -0.506 e. The number of hydrogen-bond acceptors (Lipinski definition) is 4. The van der Waals surface area contributed by atoms with Crippen molar-refractivity contribution in [3.05, 3.63) is 48.0 Å². The lowest BCUT2D eigenvalue weighted by molar-refractivity contribution is -0.119. The monoisotopic (exact) mass is 287 g/mol. The maximum atomic E-state index is 12.1. The van der Waals surface area contributed by atoms with E-state index in [1.54, 1.807) is 31.2 Å². The molecule has 0 aliphatic rings. The van der Waals surface area contributed by atoms with E-state index < -0.39 is 0 Å². The van der Waals surface area contributed by atoms with Crippen molar-refractivity contribution in [1.82, 2.24) is 0 Å². The van der Waals surface area contributed by atoms with E-state index in [2.05, 4.69) is 5.32 Å². The van der Waals surface area contributed by atoms with Crippen LogP contribution >= 0.6 is 0 Å². The second kappa shape index (κ2) is 6.17. The van der Waals surface area contributed by atoms with Crippen LogP contribution in [-0.4, -0.2) is 21.2 Å². The number of nitrogens with one attached hydrogen (secondary N) is 1. The van der Waals surface area contributed by atoms with E-state index in [-0.39, 0.29) is 29.1 Å². The number of rotatable bonds is 4. The predicted molar refractivity (Wildman–Crippen MR) is 79.4 cm³/mol. The van der Waals surface area contributed by atoms with E-state index in [9.17, 15) is 20.1 Å². The Morgan fingerprint density at radius 3 is 2.43 bits per heavy atom. The normalized spacial score (nSPS) is 11.9. The molecular weight excluding hydrogens is 270 g/mol. The van der Waals surface area contributed by atoms with E-state index in [4.69, 9.17) is 0 Å². The van der Waals surface area contributed by atoms with Crippen LogP contribution in [0.2, 0.25) is 0 Å². The Hall–Kier alpha value is -2.69. The quantitative estimate of drug-likeness (QED) is 0.651. The zero-order valence-electron chi connectivity index (χ0n) is 11.6. The van der Waals surface area contributed by atoms with Crippen LogP contribution in [0.1, 0.15) is 12.5 Å². The van der Waals surface area contributed by atoms with Gasteiger partial charge in [-0.15, -0.1) is 0 Å². The molecule has 1 atom stereocenters. The average molecular weight is 287 g/mol. The van der Waals surface area contributed by atoms with Gasteiger partial charge in [-0.3, -0.25) is 4.79 Å². The first kappa shape index (κ1) is 14.7. The lowest BCUT2D eigenvalue weighted by Gasteiger charge is -2.13. The minimum atomic E-state index is -0.353. The Bertz CT molecular complexity index is 654. The molecule has 5 nitrogen and oxygen atoms in total. The lowest BCUT2D eigenvalue weighted by atomic mass is 10.00. The topological polar surface area (TPSA) is 89.8 Å². The molecule has 0 aliphatic heterocycles. The molecule has 0 saturated carbocycles. The van der Waals surface area contributed by atoms with Gasteiger partial charge >= 0.3 is 0 Å². The molecule has 21 heavy (non-hydrogen) atoms. The van der Waals surface area contributed by atoms with Gasteiger partial charge in [0.1, 0.15) is 5.75 Å². The fourth-order valence-corrected chi connectivity index (χ4v) is 1.98. The van der Waals surface area contributed by atoms with E-state index in [0.717, 1.165) is 5.56 Å². The molecular formula is C16H17NO4. The van der Waals surface area contributed by atoms with Gasteiger partial charge in [-0.2, -0.15) is 0 Å². The Balaban J connectivity index is 2.02. The highest BCUT2D eigenvalue weighted by Crippen LogP contribution is 2.27. The third kappa shape index (κ3) is 3.66. The van der Waals surface area contributed by atoms with Gasteiger partial charge in [-0.05, 0) is 36.2 Å². The molecule has 0 fully saturated rings. The van der Waals surface area contributed by atoms with Gasteiger partial charge in [0.05, 0.1) is 5.69 Å². The summed E-state index contributed by atoms with van der Waals surface area (Å²) in [6, 6.07) is 11.0. The number of benzene rings is 2. The maximum absolute atomic E-state index is 12.1. The number of aromatic hydroxyl groups is 3. The molecule has 0 bridgehead atoms.